The number of carbonyl (C=O) groups is 1. The molecule has 0 aliphatic rings. The zero-order valence-electron chi connectivity index (χ0n) is 16.7. The number of nitrogens with zero attached hydrogens (tertiary/aromatic N) is 6. The molecular formula is C21H17FN8O. The molecule has 1 aromatic carbocycles. The summed E-state index contributed by atoms with van der Waals surface area (Å²) in [4.78, 5) is 30.3. The molecule has 0 fully saturated rings. The van der Waals surface area contributed by atoms with E-state index in [4.69, 9.17) is 0 Å². The van der Waals surface area contributed by atoms with Gasteiger partial charge in [0.05, 0.1) is 17.4 Å². The average molecular weight is 416 g/mol. The lowest BCUT2D eigenvalue weighted by Gasteiger charge is -2.11. The van der Waals surface area contributed by atoms with Gasteiger partial charge in [-0.25, -0.2) is 19.9 Å². The fourth-order valence-corrected chi connectivity index (χ4v) is 2.63. The van der Waals surface area contributed by atoms with Gasteiger partial charge in [0.25, 0.3) is 0 Å². The second kappa shape index (κ2) is 8.54. The molecule has 3 heterocycles. The number of aromatic amines is 1. The Morgan fingerprint density at radius 2 is 1.97 bits per heavy atom. The van der Waals surface area contributed by atoms with Crippen molar-refractivity contribution in [3.63, 3.8) is 0 Å². The third-order valence-corrected chi connectivity index (χ3v) is 4.29. The molecule has 0 saturated carbocycles. The van der Waals surface area contributed by atoms with E-state index in [0.717, 1.165) is 0 Å². The number of likely N-dealkylation sites (N-methyl/N-ethyl adjacent to an activating group) is 1. The van der Waals surface area contributed by atoms with Crippen LogP contribution in [0, 0.1) is 17.8 Å². The summed E-state index contributed by atoms with van der Waals surface area (Å²) in [5, 5.41) is 9.41. The highest BCUT2D eigenvalue weighted by Crippen LogP contribution is 2.16. The number of rotatable bonds is 4. The molecular weight excluding hydrogens is 399 g/mol. The number of aromatic nitrogens is 6. The molecule has 1 amide bonds. The lowest BCUT2D eigenvalue weighted by Crippen LogP contribution is -2.29. The summed E-state index contributed by atoms with van der Waals surface area (Å²) in [6.45, 7) is 0.0738. The van der Waals surface area contributed by atoms with Crippen LogP contribution in [0.25, 0.3) is 22.4 Å². The van der Waals surface area contributed by atoms with E-state index < -0.39 is 5.95 Å². The molecule has 0 saturated heterocycles. The Morgan fingerprint density at radius 1 is 1.13 bits per heavy atom. The predicted molar refractivity (Wildman–Crippen MR) is 112 cm³/mol. The highest BCUT2D eigenvalue weighted by molar-refractivity contribution is 5.80. The summed E-state index contributed by atoms with van der Waals surface area (Å²) >= 11 is 0. The Labute approximate surface area is 176 Å². The maximum atomic E-state index is 13.7. The van der Waals surface area contributed by atoms with E-state index in [2.05, 4.69) is 47.3 Å². The minimum absolute atomic E-state index is 0.0738. The SMILES string of the molecule is CN(C)C(=O)CNc1nccc(-c2nccc(C#Cc3ccc4[nH]nc(F)c4c3)n2)n1. The smallest absolute Gasteiger partial charge is 0.241 e. The first-order valence-corrected chi connectivity index (χ1v) is 9.26. The van der Waals surface area contributed by atoms with Crippen LogP contribution in [0.4, 0.5) is 10.3 Å². The molecule has 0 aliphatic heterocycles. The van der Waals surface area contributed by atoms with Crippen LogP contribution in [0.2, 0.25) is 0 Å². The van der Waals surface area contributed by atoms with Crippen molar-refractivity contribution in [3.8, 4) is 23.4 Å². The van der Waals surface area contributed by atoms with Crippen LogP contribution in [-0.2, 0) is 4.79 Å². The summed E-state index contributed by atoms with van der Waals surface area (Å²) in [6.07, 6.45) is 3.14. The maximum Gasteiger partial charge on any atom is 0.241 e. The molecule has 4 rings (SSSR count). The minimum atomic E-state index is -0.566. The lowest BCUT2D eigenvalue weighted by molar-refractivity contribution is -0.126. The molecule has 2 N–H and O–H groups in total. The van der Waals surface area contributed by atoms with Gasteiger partial charge in [0.2, 0.25) is 17.8 Å². The number of carbonyl (C=O) groups excluding carboxylic acids is 1. The molecule has 9 nitrogen and oxygen atoms in total. The Morgan fingerprint density at radius 3 is 2.81 bits per heavy atom. The van der Waals surface area contributed by atoms with Gasteiger partial charge in [0, 0.05) is 32.1 Å². The minimum Gasteiger partial charge on any atom is -0.347 e. The van der Waals surface area contributed by atoms with E-state index in [9.17, 15) is 9.18 Å². The molecule has 0 unspecified atom stereocenters. The fraction of sp³-hybridized carbons (Fsp3) is 0.143. The van der Waals surface area contributed by atoms with Gasteiger partial charge in [-0.05, 0) is 36.3 Å². The van der Waals surface area contributed by atoms with Crippen molar-refractivity contribution in [3.05, 3.63) is 59.9 Å². The van der Waals surface area contributed by atoms with Gasteiger partial charge in [-0.15, -0.1) is 5.10 Å². The highest BCUT2D eigenvalue weighted by atomic mass is 19.1. The first-order chi connectivity index (χ1) is 15.0. The largest absolute Gasteiger partial charge is 0.347 e. The van der Waals surface area contributed by atoms with Crippen LogP contribution in [0.1, 0.15) is 11.3 Å². The third-order valence-electron chi connectivity index (χ3n) is 4.29. The van der Waals surface area contributed by atoms with Crippen LogP contribution < -0.4 is 5.32 Å². The number of halogens is 1. The van der Waals surface area contributed by atoms with E-state index in [0.29, 0.717) is 39.6 Å². The molecule has 0 atom stereocenters. The van der Waals surface area contributed by atoms with Crippen LogP contribution in [0.3, 0.4) is 0 Å². The first kappa shape index (κ1) is 19.9. The molecule has 0 radical (unpaired) electrons. The van der Waals surface area contributed by atoms with Crippen molar-refractivity contribution in [2.24, 2.45) is 0 Å². The normalized spacial score (nSPS) is 10.4. The summed E-state index contributed by atoms with van der Waals surface area (Å²) in [7, 11) is 3.34. The molecule has 4 aromatic rings. The van der Waals surface area contributed by atoms with Crippen LogP contribution in [0.15, 0.2) is 42.7 Å². The number of nitrogens with one attached hydrogen (secondary N) is 2. The molecule has 154 valence electrons. The van der Waals surface area contributed by atoms with Gasteiger partial charge >= 0.3 is 0 Å². The van der Waals surface area contributed by atoms with Gasteiger partial charge in [-0.1, -0.05) is 5.92 Å². The number of hydrogen-bond donors (Lipinski definition) is 2. The van der Waals surface area contributed by atoms with Crippen molar-refractivity contribution in [1.29, 1.82) is 0 Å². The van der Waals surface area contributed by atoms with E-state index in [1.807, 2.05) is 0 Å². The number of fused-ring (bicyclic) bond motifs is 1. The Bertz CT molecular complexity index is 1320. The van der Waals surface area contributed by atoms with Crippen molar-refractivity contribution < 1.29 is 9.18 Å². The van der Waals surface area contributed by atoms with Crippen molar-refractivity contribution in [1.82, 2.24) is 35.0 Å². The van der Waals surface area contributed by atoms with Crippen LogP contribution in [0.5, 0.6) is 0 Å². The highest BCUT2D eigenvalue weighted by Gasteiger charge is 2.08. The average Bonchev–Trinajstić information content (AvgIpc) is 3.16. The summed E-state index contributed by atoms with van der Waals surface area (Å²) in [5.41, 5.74) is 2.20. The van der Waals surface area contributed by atoms with Crippen LogP contribution >= 0.6 is 0 Å². The monoisotopic (exact) mass is 416 g/mol. The lowest BCUT2D eigenvalue weighted by atomic mass is 10.1. The van der Waals surface area contributed by atoms with Gasteiger partial charge in [-0.2, -0.15) is 4.39 Å². The molecule has 10 heteroatoms. The predicted octanol–water partition coefficient (Wildman–Crippen LogP) is 1.85. The van der Waals surface area contributed by atoms with E-state index in [1.54, 1.807) is 56.8 Å². The second-order valence-electron chi connectivity index (χ2n) is 6.70. The molecule has 0 spiro atoms. The van der Waals surface area contributed by atoms with Crippen molar-refractivity contribution in [2.45, 2.75) is 0 Å². The maximum absolute atomic E-state index is 13.7. The topological polar surface area (TPSA) is 113 Å². The Balaban J connectivity index is 1.55. The Kier molecular flexibility index (Phi) is 5.49. The quantitative estimate of drug-likeness (QED) is 0.488. The van der Waals surface area contributed by atoms with E-state index >= 15 is 0 Å². The standard InChI is InChI=1S/C21H17FN8O/c1-30(2)18(31)12-25-21-24-10-8-17(27-21)20-23-9-7-14(26-20)5-3-13-4-6-16-15(11-13)19(22)29-28-16/h4,6-11H,12H2,1-2H3,(H,28,29)(H,24,25,27). The number of benzene rings is 1. The van der Waals surface area contributed by atoms with Crippen LogP contribution in [-0.4, -0.2) is 61.6 Å². The summed E-state index contributed by atoms with van der Waals surface area (Å²) in [5.74, 6) is 5.91. The third kappa shape index (κ3) is 4.62. The zero-order chi connectivity index (χ0) is 21.8. The number of amides is 1. The second-order valence-corrected chi connectivity index (χ2v) is 6.70. The van der Waals surface area contributed by atoms with E-state index in [-0.39, 0.29) is 12.5 Å². The van der Waals surface area contributed by atoms with Crippen molar-refractivity contribution >= 4 is 22.8 Å². The van der Waals surface area contributed by atoms with Crippen molar-refractivity contribution in [2.75, 3.05) is 26.0 Å². The Hall–Kier alpha value is -4.39. The molecule has 31 heavy (non-hydrogen) atoms. The number of hydrogen-bond acceptors (Lipinski definition) is 7. The summed E-state index contributed by atoms with van der Waals surface area (Å²) < 4.78 is 13.7. The van der Waals surface area contributed by atoms with Gasteiger partial charge in [0.1, 0.15) is 11.4 Å². The number of H-pyrrole nitrogens is 1. The van der Waals surface area contributed by atoms with E-state index in [1.165, 1.54) is 4.90 Å². The number of anilines is 1. The molecule has 0 bridgehead atoms. The van der Waals surface area contributed by atoms with Gasteiger partial charge in [-0.3, -0.25) is 9.89 Å². The zero-order valence-corrected chi connectivity index (χ0v) is 16.7. The van der Waals surface area contributed by atoms with Gasteiger partial charge < -0.3 is 10.2 Å². The fourth-order valence-electron chi connectivity index (χ4n) is 2.63. The van der Waals surface area contributed by atoms with Gasteiger partial charge in [0.15, 0.2) is 5.82 Å². The molecule has 0 aliphatic carbocycles. The first-order valence-electron chi connectivity index (χ1n) is 9.26. The summed E-state index contributed by atoms with van der Waals surface area (Å²) in [6, 6.07) is 8.45. The molecule has 3 aromatic heterocycles.